The van der Waals surface area contributed by atoms with Crippen molar-refractivity contribution in [3.8, 4) is 5.75 Å². The van der Waals surface area contributed by atoms with E-state index in [2.05, 4.69) is 0 Å². The zero-order valence-corrected chi connectivity index (χ0v) is 10.5. The first-order valence-electron chi connectivity index (χ1n) is 5.71. The molecule has 0 saturated heterocycles. The highest BCUT2D eigenvalue weighted by Gasteiger charge is 2.36. The molecule has 1 amide bonds. The zero-order chi connectivity index (χ0) is 13.4. The van der Waals surface area contributed by atoms with E-state index in [1.54, 1.807) is 0 Å². The summed E-state index contributed by atoms with van der Waals surface area (Å²) in [6.07, 6.45) is 1.07. The predicted octanol–water partition coefficient (Wildman–Crippen LogP) is 1.75. The van der Waals surface area contributed by atoms with Crippen LogP contribution in [0.5, 0.6) is 5.75 Å². The van der Waals surface area contributed by atoms with E-state index in [-0.39, 0.29) is 29.4 Å². The van der Waals surface area contributed by atoms with E-state index >= 15 is 0 Å². The number of rotatable bonds is 2. The lowest BCUT2D eigenvalue weighted by Gasteiger charge is -2.34. The van der Waals surface area contributed by atoms with Gasteiger partial charge < -0.3 is 19.2 Å². The molecule has 1 aliphatic rings. The van der Waals surface area contributed by atoms with Gasteiger partial charge in [0.1, 0.15) is 18.1 Å². The van der Waals surface area contributed by atoms with E-state index in [4.69, 9.17) is 14.3 Å². The van der Waals surface area contributed by atoms with Gasteiger partial charge >= 0.3 is 5.97 Å². The van der Waals surface area contributed by atoms with Crippen LogP contribution in [0.4, 0.5) is 5.69 Å². The molecule has 2 heterocycles. The summed E-state index contributed by atoms with van der Waals surface area (Å²) in [5.41, 5.74) is 0.215. The van der Waals surface area contributed by atoms with Gasteiger partial charge in [-0.1, -0.05) is 13.8 Å². The number of carboxylic acids is 1. The van der Waals surface area contributed by atoms with Crippen molar-refractivity contribution in [1.82, 2.24) is 0 Å². The number of hydrogen-bond donors (Lipinski definition) is 1. The molecule has 1 atom stereocenters. The van der Waals surface area contributed by atoms with Crippen LogP contribution in [0.2, 0.25) is 0 Å². The molecule has 1 unspecified atom stereocenters. The van der Waals surface area contributed by atoms with Gasteiger partial charge in [0.25, 0.3) is 0 Å². The van der Waals surface area contributed by atoms with Gasteiger partial charge in [0.15, 0.2) is 5.75 Å². The van der Waals surface area contributed by atoms with Crippen molar-refractivity contribution < 1.29 is 23.8 Å². The van der Waals surface area contributed by atoms with Crippen molar-refractivity contribution in [3.05, 3.63) is 12.0 Å². The quantitative estimate of drug-likeness (QED) is 0.868. The van der Waals surface area contributed by atoms with Crippen molar-refractivity contribution >= 4 is 17.6 Å². The molecular formula is C12H15NO5. The maximum absolute atomic E-state index is 11.6. The Labute approximate surface area is 104 Å². The molecule has 1 aliphatic heterocycles. The maximum atomic E-state index is 11.6. The number of carbonyl (C=O) groups excluding carboxylic acids is 1. The molecule has 6 heteroatoms. The molecule has 0 spiro atoms. The van der Waals surface area contributed by atoms with E-state index < -0.39 is 5.97 Å². The van der Waals surface area contributed by atoms with Gasteiger partial charge in [0, 0.05) is 6.92 Å². The van der Waals surface area contributed by atoms with Crippen LogP contribution in [0.1, 0.15) is 31.3 Å². The highest BCUT2D eigenvalue weighted by Crippen LogP contribution is 2.39. The summed E-state index contributed by atoms with van der Waals surface area (Å²) >= 11 is 0. The Hall–Kier alpha value is -1.98. The second-order valence-electron chi connectivity index (χ2n) is 4.61. The average molecular weight is 253 g/mol. The summed E-state index contributed by atoms with van der Waals surface area (Å²) in [4.78, 5) is 24.1. The number of amides is 1. The first-order chi connectivity index (χ1) is 8.41. The molecule has 18 heavy (non-hydrogen) atoms. The fraction of sp³-hybridized carbons (Fsp3) is 0.500. The van der Waals surface area contributed by atoms with Gasteiger partial charge in [0.05, 0.1) is 6.54 Å². The van der Waals surface area contributed by atoms with Crippen molar-refractivity contribution in [2.24, 2.45) is 5.92 Å². The third-order valence-corrected chi connectivity index (χ3v) is 2.96. The van der Waals surface area contributed by atoms with Crippen LogP contribution in [0.3, 0.4) is 0 Å². The fourth-order valence-corrected chi connectivity index (χ4v) is 1.93. The molecule has 6 nitrogen and oxygen atoms in total. The van der Waals surface area contributed by atoms with Crippen LogP contribution in [-0.4, -0.2) is 29.6 Å². The lowest BCUT2D eigenvalue weighted by Crippen LogP contribution is -2.45. The Bertz CT molecular complexity index is 491. The van der Waals surface area contributed by atoms with Gasteiger partial charge in [-0.05, 0) is 5.92 Å². The summed E-state index contributed by atoms with van der Waals surface area (Å²) in [6, 6.07) is 0. The third kappa shape index (κ3) is 1.94. The second-order valence-corrected chi connectivity index (χ2v) is 4.61. The van der Waals surface area contributed by atoms with Crippen LogP contribution in [0.25, 0.3) is 0 Å². The number of hydrogen-bond acceptors (Lipinski definition) is 4. The van der Waals surface area contributed by atoms with Crippen LogP contribution in [0, 0.1) is 5.92 Å². The van der Waals surface area contributed by atoms with Crippen LogP contribution in [0.15, 0.2) is 10.7 Å². The molecule has 0 aliphatic carbocycles. The smallest absolute Gasteiger partial charge is 0.374 e. The van der Waals surface area contributed by atoms with Gasteiger partial charge in [-0.2, -0.15) is 0 Å². The first kappa shape index (κ1) is 12.5. The van der Waals surface area contributed by atoms with E-state index in [9.17, 15) is 9.59 Å². The number of carboxylic acid groups (broad SMARTS) is 1. The van der Waals surface area contributed by atoms with E-state index in [1.165, 1.54) is 18.1 Å². The summed E-state index contributed by atoms with van der Waals surface area (Å²) in [5, 5.41) is 9.02. The highest BCUT2D eigenvalue weighted by atomic mass is 16.5. The Morgan fingerprint density at radius 2 is 2.17 bits per heavy atom. The third-order valence-electron chi connectivity index (χ3n) is 2.96. The molecule has 1 aromatic heterocycles. The Morgan fingerprint density at radius 1 is 1.50 bits per heavy atom. The van der Waals surface area contributed by atoms with Crippen molar-refractivity contribution in [1.29, 1.82) is 0 Å². The minimum atomic E-state index is -1.21. The predicted molar refractivity (Wildman–Crippen MR) is 62.9 cm³/mol. The second kappa shape index (κ2) is 4.36. The van der Waals surface area contributed by atoms with Crippen molar-refractivity contribution in [2.75, 3.05) is 11.4 Å². The Kier molecular flexibility index (Phi) is 3.02. The number of aromatic carboxylic acids is 1. The minimum absolute atomic E-state index is 0.166. The highest BCUT2D eigenvalue weighted by molar-refractivity contribution is 6.01. The number of nitrogens with zero attached hydrogens (tertiary/aromatic N) is 1. The van der Waals surface area contributed by atoms with Gasteiger partial charge in [0.2, 0.25) is 11.7 Å². The first-order valence-corrected chi connectivity index (χ1v) is 5.71. The largest absolute Gasteiger partial charge is 0.483 e. The number of fused-ring (bicyclic) bond motifs is 1. The molecule has 0 fully saturated rings. The molecular weight excluding hydrogens is 238 g/mol. The van der Waals surface area contributed by atoms with Crippen molar-refractivity contribution in [3.63, 3.8) is 0 Å². The lowest BCUT2D eigenvalue weighted by atomic mass is 10.0. The molecule has 98 valence electrons. The Balaban J connectivity index is 2.47. The molecule has 0 bridgehead atoms. The SMILES string of the molecule is CC(=O)N1CC(C(C)C)Oc2coc(C(=O)O)c21. The van der Waals surface area contributed by atoms with Crippen molar-refractivity contribution in [2.45, 2.75) is 26.9 Å². The topological polar surface area (TPSA) is 80.0 Å². The van der Waals surface area contributed by atoms with Gasteiger partial charge in [-0.25, -0.2) is 4.79 Å². The minimum Gasteiger partial charge on any atom is -0.483 e. The Morgan fingerprint density at radius 3 is 2.67 bits per heavy atom. The monoisotopic (exact) mass is 253 g/mol. The summed E-state index contributed by atoms with van der Waals surface area (Å²) < 4.78 is 10.6. The molecule has 1 N–H and O–H groups in total. The fourth-order valence-electron chi connectivity index (χ4n) is 1.93. The molecule has 0 aromatic carbocycles. The van der Waals surface area contributed by atoms with Crippen LogP contribution >= 0.6 is 0 Å². The standard InChI is InChI=1S/C12H15NO5/c1-6(2)8-4-13(7(3)14)10-9(18-8)5-17-11(10)12(15)16/h5-6,8H,4H2,1-3H3,(H,15,16). The summed E-state index contributed by atoms with van der Waals surface area (Å²) in [5.74, 6) is -1.18. The maximum Gasteiger partial charge on any atom is 0.374 e. The molecule has 0 saturated carbocycles. The summed E-state index contributed by atoms with van der Waals surface area (Å²) in [7, 11) is 0. The van der Waals surface area contributed by atoms with Gasteiger partial charge in [-0.15, -0.1) is 0 Å². The normalized spacial score (nSPS) is 18.4. The number of ether oxygens (including phenoxy) is 1. The zero-order valence-electron chi connectivity index (χ0n) is 10.5. The molecule has 1 aromatic rings. The van der Waals surface area contributed by atoms with Crippen LogP contribution in [-0.2, 0) is 4.79 Å². The molecule has 0 radical (unpaired) electrons. The molecule has 2 rings (SSSR count). The number of carbonyl (C=O) groups is 2. The average Bonchev–Trinajstić information content (AvgIpc) is 2.70. The van der Waals surface area contributed by atoms with E-state index in [0.29, 0.717) is 12.3 Å². The number of furan rings is 1. The lowest BCUT2D eigenvalue weighted by molar-refractivity contribution is -0.117. The van der Waals surface area contributed by atoms with Gasteiger partial charge in [-0.3, -0.25) is 4.79 Å². The van der Waals surface area contributed by atoms with Crippen LogP contribution < -0.4 is 9.64 Å². The van der Waals surface area contributed by atoms with E-state index in [0.717, 1.165) is 0 Å². The number of anilines is 1. The summed E-state index contributed by atoms with van der Waals surface area (Å²) in [6.45, 7) is 5.68. The van der Waals surface area contributed by atoms with E-state index in [1.807, 2.05) is 13.8 Å².